The lowest BCUT2D eigenvalue weighted by Crippen LogP contribution is -2.34. The molecule has 4 rings (SSSR count). The molecule has 1 aromatic carbocycles. The number of anilines is 2. The molecule has 0 bridgehead atoms. The lowest BCUT2D eigenvalue weighted by molar-refractivity contribution is 0.0989. The van der Waals surface area contributed by atoms with Crippen molar-refractivity contribution in [1.29, 1.82) is 0 Å². The van der Waals surface area contributed by atoms with Gasteiger partial charge in [0.05, 0.1) is 5.56 Å². The van der Waals surface area contributed by atoms with E-state index in [1.807, 2.05) is 35.2 Å². The van der Waals surface area contributed by atoms with E-state index < -0.39 is 0 Å². The van der Waals surface area contributed by atoms with Gasteiger partial charge in [0.1, 0.15) is 5.82 Å². The Kier molecular flexibility index (Phi) is 3.97. The Balaban J connectivity index is 1.61. The van der Waals surface area contributed by atoms with E-state index in [4.69, 9.17) is 0 Å². The molecule has 4 heteroatoms. The van der Waals surface area contributed by atoms with Crippen LogP contribution in [-0.4, -0.2) is 31.0 Å². The van der Waals surface area contributed by atoms with Gasteiger partial charge >= 0.3 is 0 Å². The number of hydrogen-bond donors (Lipinski definition) is 0. The van der Waals surface area contributed by atoms with E-state index in [9.17, 15) is 4.79 Å². The van der Waals surface area contributed by atoms with Crippen LogP contribution in [0.3, 0.4) is 0 Å². The molecule has 1 aromatic heterocycles. The second-order valence-corrected chi connectivity index (χ2v) is 6.89. The summed E-state index contributed by atoms with van der Waals surface area (Å²) in [6.45, 7) is 1.73. The highest BCUT2D eigenvalue weighted by molar-refractivity contribution is 6.10. The number of pyridine rings is 1. The minimum absolute atomic E-state index is 0.0588. The molecule has 0 radical (unpaired) electrons. The molecule has 0 unspecified atom stereocenters. The molecule has 0 spiro atoms. The van der Waals surface area contributed by atoms with E-state index >= 15 is 0 Å². The number of benzene rings is 1. The molecular weight excluding hydrogens is 298 g/mol. The standard InChI is InChI=1S/C20H23N3O/c1-22(14-15-6-4-7-15)19-17(9-5-12-21-19)20(24)23-13-11-16-8-2-3-10-18(16)23/h2-3,5,8-10,12,15H,4,6-7,11,13-14H2,1H3. The first-order valence-electron chi connectivity index (χ1n) is 8.80. The van der Waals surface area contributed by atoms with E-state index in [-0.39, 0.29) is 5.91 Å². The van der Waals surface area contributed by atoms with Crippen LogP contribution in [0.2, 0.25) is 0 Å². The van der Waals surface area contributed by atoms with Gasteiger partial charge in [0.25, 0.3) is 5.91 Å². The maximum absolute atomic E-state index is 13.2. The number of para-hydroxylation sites is 1. The number of rotatable bonds is 4. The fourth-order valence-corrected chi connectivity index (χ4v) is 3.71. The maximum atomic E-state index is 13.2. The van der Waals surface area contributed by atoms with Crippen molar-refractivity contribution >= 4 is 17.4 Å². The van der Waals surface area contributed by atoms with E-state index in [0.29, 0.717) is 5.56 Å². The molecule has 0 N–H and O–H groups in total. The predicted molar refractivity (Wildman–Crippen MR) is 96.7 cm³/mol. The summed E-state index contributed by atoms with van der Waals surface area (Å²) >= 11 is 0. The number of fused-ring (bicyclic) bond motifs is 1. The summed E-state index contributed by atoms with van der Waals surface area (Å²) < 4.78 is 0. The summed E-state index contributed by atoms with van der Waals surface area (Å²) in [5.41, 5.74) is 2.99. The van der Waals surface area contributed by atoms with Gasteiger partial charge in [-0.3, -0.25) is 4.79 Å². The summed E-state index contributed by atoms with van der Waals surface area (Å²) in [4.78, 5) is 21.7. The SMILES string of the molecule is CN(CC1CCC1)c1ncccc1C(=O)N1CCc2ccccc21. The number of nitrogens with zero attached hydrogens (tertiary/aromatic N) is 3. The molecule has 2 aromatic rings. The Bertz CT molecular complexity index is 754. The maximum Gasteiger partial charge on any atom is 0.262 e. The zero-order chi connectivity index (χ0) is 16.5. The van der Waals surface area contributed by atoms with Crippen molar-refractivity contribution in [2.24, 2.45) is 5.92 Å². The van der Waals surface area contributed by atoms with Crippen LogP contribution in [0.5, 0.6) is 0 Å². The van der Waals surface area contributed by atoms with E-state index in [0.717, 1.165) is 36.9 Å². The Morgan fingerprint density at radius 3 is 2.88 bits per heavy atom. The largest absolute Gasteiger partial charge is 0.359 e. The minimum atomic E-state index is 0.0588. The fraction of sp³-hybridized carbons (Fsp3) is 0.400. The summed E-state index contributed by atoms with van der Waals surface area (Å²) in [6.07, 6.45) is 6.62. The summed E-state index contributed by atoms with van der Waals surface area (Å²) in [7, 11) is 2.05. The van der Waals surface area contributed by atoms with Gasteiger partial charge in [-0.2, -0.15) is 0 Å². The lowest BCUT2D eigenvalue weighted by atomic mass is 9.85. The summed E-state index contributed by atoms with van der Waals surface area (Å²) in [5.74, 6) is 1.61. The zero-order valence-corrected chi connectivity index (χ0v) is 14.1. The van der Waals surface area contributed by atoms with Crippen LogP contribution in [-0.2, 0) is 6.42 Å². The highest BCUT2D eigenvalue weighted by Crippen LogP contribution is 2.32. The van der Waals surface area contributed by atoms with E-state index in [2.05, 4.69) is 23.0 Å². The van der Waals surface area contributed by atoms with Gasteiger partial charge in [0.15, 0.2) is 0 Å². The van der Waals surface area contributed by atoms with Crippen molar-refractivity contribution in [3.63, 3.8) is 0 Å². The van der Waals surface area contributed by atoms with E-state index in [1.54, 1.807) is 6.20 Å². The normalized spacial score (nSPS) is 16.6. The average Bonchev–Trinajstić information content (AvgIpc) is 3.01. The van der Waals surface area contributed by atoms with Crippen molar-refractivity contribution < 1.29 is 4.79 Å². The number of carbonyl (C=O) groups excluding carboxylic acids is 1. The third-order valence-electron chi connectivity index (χ3n) is 5.27. The topological polar surface area (TPSA) is 36.4 Å². The molecule has 124 valence electrons. The number of carbonyl (C=O) groups is 1. The van der Waals surface area contributed by atoms with Gasteiger partial charge in [-0.25, -0.2) is 4.98 Å². The number of hydrogen-bond acceptors (Lipinski definition) is 3. The Morgan fingerprint density at radius 2 is 2.08 bits per heavy atom. The van der Waals surface area contributed by atoms with Crippen LogP contribution >= 0.6 is 0 Å². The smallest absolute Gasteiger partial charge is 0.262 e. The first-order valence-corrected chi connectivity index (χ1v) is 8.80. The average molecular weight is 321 g/mol. The molecule has 1 aliphatic heterocycles. The van der Waals surface area contributed by atoms with Crippen molar-refractivity contribution in [2.75, 3.05) is 29.9 Å². The molecule has 1 amide bonds. The highest BCUT2D eigenvalue weighted by Gasteiger charge is 2.28. The molecule has 1 saturated carbocycles. The quantitative estimate of drug-likeness (QED) is 0.864. The molecule has 2 heterocycles. The molecule has 0 atom stereocenters. The Hall–Kier alpha value is -2.36. The van der Waals surface area contributed by atoms with Crippen molar-refractivity contribution in [3.05, 3.63) is 53.7 Å². The molecule has 2 aliphatic rings. The lowest BCUT2D eigenvalue weighted by Gasteiger charge is -2.31. The second kappa shape index (κ2) is 6.27. The zero-order valence-electron chi connectivity index (χ0n) is 14.1. The highest BCUT2D eigenvalue weighted by atomic mass is 16.2. The molecular formula is C20H23N3O. The van der Waals surface area contributed by atoms with E-state index in [1.165, 1.54) is 24.8 Å². The molecule has 4 nitrogen and oxygen atoms in total. The third kappa shape index (κ3) is 2.66. The van der Waals surface area contributed by atoms with Gasteiger partial charge in [-0.1, -0.05) is 24.6 Å². The first kappa shape index (κ1) is 15.2. The first-order chi connectivity index (χ1) is 11.7. The van der Waals surface area contributed by atoms with Crippen LogP contribution < -0.4 is 9.80 Å². The van der Waals surface area contributed by atoms with Gasteiger partial charge in [-0.05, 0) is 48.9 Å². The van der Waals surface area contributed by atoms with Crippen molar-refractivity contribution in [3.8, 4) is 0 Å². The summed E-state index contributed by atoms with van der Waals surface area (Å²) in [6, 6.07) is 11.9. The molecule has 0 saturated heterocycles. The van der Waals surface area contributed by atoms with Gasteiger partial charge in [-0.15, -0.1) is 0 Å². The second-order valence-electron chi connectivity index (χ2n) is 6.89. The van der Waals surface area contributed by atoms with Crippen LogP contribution in [0.4, 0.5) is 11.5 Å². The molecule has 1 aliphatic carbocycles. The predicted octanol–water partition coefficient (Wildman–Crippen LogP) is 3.52. The van der Waals surface area contributed by atoms with Crippen molar-refractivity contribution in [2.45, 2.75) is 25.7 Å². The van der Waals surface area contributed by atoms with Crippen LogP contribution in [0.1, 0.15) is 35.2 Å². The van der Waals surface area contributed by atoms with Crippen LogP contribution in [0, 0.1) is 5.92 Å². The van der Waals surface area contributed by atoms with Crippen molar-refractivity contribution in [1.82, 2.24) is 4.98 Å². The molecule has 24 heavy (non-hydrogen) atoms. The fourth-order valence-electron chi connectivity index (χ4n) is 3.71. The number of aromatic nitrogens is 1. The summed E-state index contributed by atoms with van der Waals surface area (Å²) in [5, 5.41) is 0. The third-order valence-corrected chi connectivity index (χ3v) is 5.27. The monoisotopic (exact) mass is 321 g/mol. The van der Waals surface area contributed by atoms with Crippen LogP contribution in [0.15, 0.2) is 42.6 Å². The molecule has 1 fully saturated rings. The van der Waals surface area contributed by atoms with Gasteiger partial charge in [0.2, 0.25) is 0 Å². The Labute approximate surface area is 143 Å². The number of amides is 1. The Morgan fingerprint density at radius 1 is 1.25 bits per heavy atom. The van der Waals surface area contributed by atoms with Gasteiger partial charge in [0, 0.05) is 32.0 Å². The minimum Gasteiger partial charge on any atom is -0.359 e. The van der Waals surface area contributed by atoms with Crippen LogP contribution in [0.25, 0.3) is 0 Å². The van der Waals surface area contributed by atoms with Gasteiger partial charge < -0.3 is 9.80 Å².